The summed E-state index contributed by atoms with van der Waals surface area (Å²) in [7, 11) is 0. The van der Waals surface area contributed by atoms with Crippen molar-refractivity contribution in [2.45, 2.75) is 27.2 Å². The Morgan fingerprint density at radius 3 is 2.31 bits per heavy atom. The van der Waals surface area contributed by atoms with Crippen LogP contribution >= 0.6 is 0 Å². The fraction of sp³-hybridized carbons (Fsp3) is 0.556. The Morgan fingerprint density at radius 2 is 1.85 bits per heavy atom. The number of hydrogen-bond acceptors (Lipinski definition) is 4. The summed E-state index contributed by atoms with van der Waals surface area (Å²) in [5.41, 5.74) is 12.1. The monoisotopic (exact) mass is 180 g/mol. The van der Waals surface area contributed by atoms with Gasteiger partial charge in [-0.15, -0.1) is 0 Å². The average molecular weight is 180 g/mol. The molecule has 4 nitrogen and oxygen atoms in total. The smallest absolute Gasteiger partial charge is 0.222 e. The molecule has 4 N–H and O–H groups in total. The van der Waals surface area contributed by atoms with Crippen LogP contribution in [0.4, 0.5) is 11.8 Å². The Kier molecular flexibility index (Phi) is 2.40. The Bertz CT molecular complexity index is 281. The minimum atomic E-state index is 0.188. The molecule has 0 saturated heterocycles. The number of nitrogen functional groups attached to an aromatic ring is 2. The Morgan fingerprint density at radius 1 is 1.23 bits per heavy atom. The minimum absolute atomic E-state index is 0.188. The molecule has 1 aromatic rings. The number of hydrogen-bond donors (Lipinski definition) is 2. The van der Waals surface area contributed by atoms with E-state index in [0.29, 0.717) is 5.82 Å². The van der Waals surface area contributed by atoms with Crippen molar-refractivity contribution in [1.29, 1.82) is 0 Å². The van der Waals surface area contributed by atoms with Crippen molar-refractivity contribution < 1.29 is 0 Å². The van der Waals surface area contributed by atoms with Gasteiger partial charge >= 0.3 is 0 Å². The third kappa shape index (κ3) is 3.27. The van der Waals surface area contributed by atoms with E-state index in [0.717, 1.165) is 12.1 Å². The summed E-state index contributed by atoms with van der Waals surface area (Å²) in [6.07, 6.45) is 0.851. The molecular weight excluding hydrogens is 164 g/mol. The second-order valence-corrected chi connectivity index (χ2v) is 4.38. The SMILES string of the molecule is CC(C)(C)Cc1cc(N)nc(N)n1. The predicted molar refractivity (Wildman–Crippen MR) is 54.0 cm³/mol. The quantitative estimate of drug-likeness (QED) is 0.681. The van der Waals surface area contributed by atoms with Crippen LogP contribution in [0.1, 0.15) is 26.5 Å². The van der Waals surface area contributed by atoms with Gasteiger partial charge in [-0.25, -0.2) is 4.98 Å². The Balaban J connectivity index is 2.90. The van der Waals surface area contributed by atoms with E-state index in [2.05, 4.69) is 30.7 Å². The van der Waals surface area contributed by atoms with Crippen LogP contribution in [0.5, 0.6) is 0 Å². The van der Waals surface area contributed by atoms with E-state index in [9.17, 15) is 0 Å². The van der Waals surface area contributed by atoms with Gasteiger partial charge in [0, 0.05) is 11.8 Å². The van der Waals surface area contributed by atoms with Crippen LogP contribution in [-0.4, -0.2) is 9.97 Å². The van der Waals surface area contributed by atoms with Gasteiger partial charge in [-0.2, -0.15) is 4.98 Å². The third-order valence-corrected chi connectivity index (χ3v) is 1.53. The van der Waals surface area contributed by atoms with E-state index < -0.39 is 0 Å². The molecule has 0 spiro atoms. The second kappa shape index (κ2) is 3.20. The number of nitrogens with two attached hydrogens (primary N) is 2. The summed E-state index contributed by atoms with van der Waals surface area (Å²) >= 11 is 0. The van der Waals surface area contributed by atoms with Crippen LogP contribution in [0.3, 0.4) is 0 Å². The molecule has 0 aliphatic heterocycles. The van der Waals surface area contributed by atoms with E-state index in [1.54, 1.807) is 6.07 Å². The van der Waals surface area contributed by atoms with Crippen molar-refractivity contribution in [1.82, 2.24) is 9.97 Å². The van der Waals surface area contributed by atoms with Crippen LogP contribution < -0.4 is 11.5 Å². The van der Waals surface area contributed by atoms with Crippen LogP contribution in [0.15, 0.2) is 6.07 Å². The average Bonchev–Trinajstić information content (AvgIpc) is 1.78. The standard InChI is InChI=1S/C9H16N4/c1-9(2,3)5-6-4-7(10)13-8(11)12-6/h4H,5H2,1-3H3,(H4,10,11,12,13). The lowest BCUT2D eigenvalue weighted by Gasteiger charge is -2.17. The topological polar surface area (TPSA) is 77.8 Å². The summed E-state index contributed by atoms with van der Waals surface area (Å²) in [5.74, 6) is 0.686. The van der Waals surface area contributed by atoms with E-state index in [-0.39, 0.29) is 11.4 Å². The third-order valence-electron chi connectivity index (χ3n) is 1.53. The molecule has 4 heteroatoms. The van der Waals surface area contributed by atoms with Crippen molar-refractivity contribution >= 4 is 11.8 Å². The first-order chi connectivity index (χ1) is 5.87. The van der Waals surface area contributed by atoms with Gasteiger partial charge in [-0.05, 0) is 11.8 Å². The van der Waals surface area contributed by atoms with Gasteiger partial charge in [0.05, 0.1) is 0 Å². The number of aromatic nitrogens is 2. The zero-order valence-electron chi connectivity index (χ0n) is 8.33. The fourth-order valence-corrected chi connectivity index (χ4v) is 1.17. The van der Waals surface area contributed by atoms with Crippen LogP contribution in [0.2, 0.25) is 0 Å². The Labute approximate surface area is 78.4 Å². The first kappa shape index (κ1) is 9.77. The van der Waals surface area contributed by atoms with Gasteiger partial charge < -0.3 is 11.5 Å². The van der Waals surface area contributed by atoms with Crippen molar-refractivity contribution in [3.05, 3.63) is 11.8 Å². The second-order valence-electron chi connectivity index (χ2n) is 4.38. The lowest BCUT2D eigenvalue weighted by molar-refractivity contribution is 0.406. The highest BCUT2D eigenvalue weighted by atomic mass is 15.0. The molecule has 0 fully saturated rings. The molecule has 0 amide bonds. The molecule has 0 atom stereocenters. The van der Waals surface area contributed by atoms with Crippen LogP contribution in [0, 0.1) is 5.41 Å². The maximum absolute atomic E-state index is 5.55. The van der Waals surface area contributed by atoms with E-state index in [1.165, 1.54) is 0 Å². The van der Waals surface area contributed by atoms with Crippen molar-refractivity contribution in [3.8, 4) is 0 Å². The molecule has 0 bridgehead atoms. The van der Waals surface area contributed by atoms with Crippen molar-refractivity contribution in [3.63, 3.8) is 0 Å². The number of nitrogens with zero attached hydrogens (tertiary/aromatic N) is 2. The maximum Gasteiger partial charge on any atom is 0.222 e. The molecular formula is C9H16N4. The van der Waals surface area contributed by atoms with Crippen molar-refractivity contribution in [2.75, 3.05) is 11.5 Å². The first-order valence-electron chi connectivity index (χ1n) is 4.26. The van der Waals surface area contributed by atoms with Gasteiger partial charge in [-0.3, -0.25) is 0 Å². The zero-order valence-corrected chi connectivity index (χ0v) is 8.33. The molecule has 13 heavy (non-hydrogen) atoms. The van der Waals surface area contributed by atoms with E-state index >= 15 is 0 Å². The lowest BCUT2D eigenvalue weighted by atomic mass is 9.90. The lowest BCUT2D eigenvalue weighted by Crippen LogP contribution is -2.12. The molecule has 0 unspecified atom stereocenters. The highest BCUT2D eigenvalue weighted by Crippen LogP contribution is 2.20. The van der Waals surface area contributed by atoms with E-state index in [4.69, 9.17) is 11.5 Å². The normalized spacial score (nSPS) is 11.6. The van der Waals surface area contributed by atoms with Gasteiger partial charge in [0.15, 0.2) is 0 Å². The summed E-state index contributed by atoms with van der Waals surface area (Å²) in [5, 5.41) is 0. The molecule has 1 rings (SSSR count). The number of anilines is 2. The van der Waals surface area contributed by atoms with Gasteiger partial charge in [0.25, 0.3) is 0 Å². The zero-order chi connectivity index (χ0) is 10.1. The summed E-state index contributed by atoms with van der Waals surface area (Å²) in [6, 6.07) is 1.77. The van der Waals surface area contributed by atoms with Gasteiger partial charge in [-0.1, -0.05) is 20.8 Å². The molecule has 1 heterocycles. The highest BCUT2D eigenvalue weighted by Gasteiger charge is 2.13. The Hall–Kier alpha value is -1.32. The molecule has 0 radical (unpaired) electrons. The summed E-state index contributed by atoms with van der Waals surface area (Å²) in [4.78, 5) is 7.91. The highest BCUT2D eigenvalue weighted by molar-refractivity contribution is 5.35. The van der Waals surface area contributed by atoms with Gasteiger partial charge in [0.1, 0.15) is 5.82 Å². The van der Waals surface area contributed by atoms with Crippen molar-refractivity contribution in [2.24, 2.45) is 5.41 Å². The largest absolute Gasteiger partial charge is 0.384 e. The molecule has 0 aliphatic rings. The minimum Gasteiger partial charge on any atom is -0.384 e. The maximum atomic E-state index is 5.55. The molecule has 0 saturated carbocycles. The van der Waals surface area contributed by atoms with E-state index in [1.807, 2.05) is 0 Å². The van der Waals surface area contributed by atoms with Gasteiger partial charge in [0.2, 0.25) is 5.95 Å². The molecule has 1 aromatic heterocycles. The first-order valence-corrected chi connectivity index (χ1v) is 4.26. The van der Waals surface area contributed by atoms with Crippen LogP contribution in [-0.2, 0) is 6.42 Å². The predicted octanol–water partition coefficient (Wildman–Crippen LogP) is 1.23. The molecule has 0 aliphatic carbocycles. The summed E-state index contributed by atoms with van der Waals surface area (Å²) in [6.45, 7) is 6.42. The molecule has 72 valence electrons. The summed E-state index contributed by atoms with van der Waals surface area (Å²) < 4.78 is 0. The molecule has 0 aromatic carbocycles. The fourth-order valence-electron chi connectivity index (χ4n) is 1.17. The van der Waals surface area contributed by atoms with Crippen LogP contribution in [0.25, 0.3) is 0 Å². The number of rotatable bonds is 1.